The second-order valence-electron chi connectivity index (χ2n) is 4.49. The number of carbonyl (C=O) groups excluding carboxylic acids is 1. The van der Waals surface area contributed by atoms with Crippen molar-refractivity contribution in [2.45, 2.75) is 39.2 Å². The van der Waals surface area contributed by atoms with E-state index in [1.165, 1.54) is 0 Å². The minimum absolute atomic E-state index is 0.0375. The van der Waals surface area contributed by atoms with Gasteiger partial charge in [-0.15, -0.1) is 0 Å². The van der Waals surface area contributed by atoms with Gasteiger partial charge in [0.15, 0.2) is 6.61 Å². The monoisotopic (exact) mass is 265 g/mol. The lowest BCUT2D eigenvalue weighted by Crippen LogP contribution is -2.37. The van der Waals surface area contributed by atoms with Crippen molar-refractivity contribution in [1.82, 2.24) is 5.32 Å². The minimum atomic E-state index is -0.0897. The molecule has 4 heteroatoms. The van der Waals surface area contributed by atoms with E-state index in [4.69, 9.17) is 9.84 Å². The zero-order chi connectivity index (χ0) is 14.1. The summed E-state index contributed by atoms with van der Waals surface area (Å²) in [5.74, 6) is 0.578. The van der Waals surface area contributed by atoms with E-state index in [1.807, 2.05) is 24.3 Å². The lowest BCUT2D eigenvalue weighted by molar-refractivity contribution is -0.123. The second kappa shape index (κ2) is 8.53. The summed E-state index contributed by atoms with van der Waals surface area (Å²) in [6.45, 7) is 4.28. The Morgan fingerprint density at radius 2 is 1.89 bits per heavy atom. The van der Waals surface area contributed by atoms with E-state index in [0.29, 0.717) is 12.2 Å². The molecular formula is C15H23NO3. The third kappa shape index (κ3) is 5.75. The minimum Gasteiger partial charge on any atom is -0.484 e. The van der Waals surface area contributed by atoms with Gasteiger partial charge in [0.1, 0.15) is 5.75 Å². The quantitative estimate of drug-likeness (QED) is 0.755. The number of hydrogen-bond donors (Lipinski definition) is 2. The van der Waals surface area contributed by atoms with Crippen LogP contribution in [0.15, 0.2) is 24.3 Å². The Kier molecular flexibility index (Phi) is 6.97. The summed E-state index contributed by atoms with van der Waals surface area (Å²) in [5.41, 5.74) is 1.05. The molecule has 0 unspecified atom stereocenters. The molecule has 0 aliphatic carbocycles. The molecule has 19 heavy (non-hydrogen) atoms. The van der Waals surface area contributed by atoms with E-state index in [9.17, 15) is 4.79 Å². The van der Waals surface area contributed by atoms with Crippen LogP contribution in [0.1, 0.15) is 32.3 Å². The summed E-state index contributed by atoms with van der Waals surface area (Å²) in [7, 11) is 0. The molecule has 0 fully saturated rings. The van der Waals surface area contributed by atoms with Crippen molar-refractivity contribution in [2.75, 3.05) is 13.2 Å². The van der Waals surface area contributed by atoms with Crippen LogP contribution in [0.5, 0.6) is 5.75 Å². The summed E-state index contributed by atoms with van der Waals surface area (Å²) in [5, 5.41) is 11.7. The molecule has 0 aliphatic heterocycles. The fourth-order valence-corrected chi connectivity index (χ4v) is 1.79. The van der Waals surface area contributed by atoms with Crippen molar-refractivity contribution in [3.8, 4) is 5.75 Å². The maximum atomic E-state index is 11.6. The summed E-state index contributed by atoms with van der Waals surface area (Å²) >= 11 is 0. The maximum Gasteiger partial charge on any atom is 0.258 e. The first-order chi connectivity index (χ1) is 9.19. The van der Waals surface area contributed by atoms with Crippen molar-refractivity contribution >= 4 is 5.91 Å². The highest BCUT2D eigenvalue weighted by Gasteiger charge is 2.08. The predicted molar refractivity (Wildman–Crippen MR) is 75.2 cm³/mol. The molecule has 0 saturated heterocycles. The molecule has 1 rings (SSSR count). The number of ether oxygens (including phenoxy) is 1. The average Bonchev–Trinajstić information content (AvgIpc) is 2.44. The molecular weight excluding hydrogens is 242 g/mol. The zero-order valence-corrected chi connectivity index (χ0v) is 11.7. The van der Waals surface area contributed by atoms with Crippen molar-refractivity contribution in [2.24, 2.45) is 0 Å². The smallest absolute Gasteiger partial charge is 0.258 e. The number of rotatable bonds is 8. The predicted octanol–water partition coefficient (Wildman–Crippen LogP) is 1.90. The van der Waals surface area contributed by atoms with Crippen molar-refractivity contribution in [1.29, 1.82) is 0 Å². The first-order valence-electron chi connectivity index (χ1n) is 6.81. The Labute approximate surface area is 114 Å². The summed E-state index contributed by atoms with van der Waals surface area (Å²) in [6, 6.07) is 7.64. The van der Waals surface area contributed by atoms with Crippen molar-refractivity contribution < 1.29 is 14.6 Å². The molecule has 0 saturated carbocycles. The highest BCUT2D eigenvalue weighted by Crippen LogP contribution is 2.12. The lowest BCUT2D eigenvalue weighted by atomic mass is 10.1. The van der Waals surface area contributed by atoms with E-state index in [0.717, 1.165) is 18.4 Å². The van der Waals surface area contributed by atoms with E-state index in [2.05, 4.69) is 19.2 Å². The van der Waals surface area contributed by atoms with Gasteiger partial charge in [-0.3, -0.25) is 4.79 Å². The molecule has 0 bridgehead atoms. The van der Waals surface area contributed by atoms with Crippen LogP contribution in [0, 0.1) is 0 Å². The van der Waals surface area contributed by atoms with E-state index in [-0.39, 0.29) is 25.2 Å². The molecule has 0 atom stereocenters. The van der Waals surface area contributed by atoms with E-state index >= 15 is 0 Å². The van der Waals surface area contributed by atoms with Gasteiger partial charge in [0.25, 0.3) is 5.91 Å². The SMILES string of the molecule is CCC(CC)NC(=O)COc1ccc(CCO)cc1. The molecule has 1 aromatic carbocycles. The first kappa shape index (κ1) is 15.5. The van der Waals surface area contributed by atoms with Crippen molar-refractivity contribution in [3.05, 3.63) is 29.8 Å². The molecule has 1 aromatic rings. The Hall–Kier alpha value is -1.55. The number of aliphatic hydroxyl groups excluding tert-OH is 1. The van der Waals surface area contributed by atoms with E-state index < -0.39 is 0 Å². The standard InChI is InChI=1S/C15H23NO3/c1-3-13(4-2)16-15(18)11-19-14-7-5-12(6-8-14)9-10-17/h5-8,13,17H,3-4,9-11H2,1-2H3,(H,16,18). The number of benzene rings is 1. The highest BCUT2D eigenvalue weighted by atomic mass is 16.5. The molecule has 0 radical (unpaired) electrons. The van der Waals surface area contributed by atoms with Crippen LogP contribution in [-0.4, -0.2) is 30.3 Å². The fraction of sp³-hybridized carbons (Fsp3) is 0.533. The first-order valence-corrected chi connectivity index (χ1v) is 6.81. The summed E-state index contributed by atoms with van der Waals surface area (Å²) < 4.78 is 5.42. The summed E-state index contributed by atoms with van der Waals surface area (Å²) in [6.07, 6.45) is 2.49. The molecule has 2 N–H and O–H groups in total. The molecule has 106 valence electrons. The summed E-state index contributed by atoms with van der Waals surface area (Å²) in [4.78, 5) is 11.6. The van der Waals surface area contributed by atoms with Gasteiger partial charge in [0.2, 0.25) is 0 Å². The Balaban J connectivity index is 2.37. The van der Waals surface area contributed by atoms with Gasteiger partial charge >= 0.3 is 0 Å². The van der Waals surface area contributed by atoms with Gasteiger partial charge < -0.3 is 15.2 Å². The van der Waals surface area contributed by atoms with Crippen LogP contribution < -0.4 is 10.1 Å². The molecule has 1 amide bonds. The Morgan fingerprint density at radius 1 is 1.26 bits per heavy atom. The third-order valence-electron chi connectivity index (χ3n) is 3.04. The van der Waals surface area contributed by atoms with Crippen LogP contribution in [0.4, 0.5) is 0 Å². The number of hydrogen-bond acceptors (Lipinski definition) is 3. The molecule has 4 nitrogen and oxygen atoms in total. The van der Waals surface area contributed by atoms with Gasteiger partial charge in [-0.25, -0.2) is 0 Å². The van der Waals surface area contributed by atoms with Crippen LogP contribution >= 0.6 is 0 Å². The number of nitrogens with one attached hydrogen (secondary N) is 1. The van der Waals surface area contributed by atoms with Gasteiger partial charge in [0, 0.05) is 12.6 Å². The lowest BCUT2D eigenvalue weighted by Gasteiger charge is -2.15. The van der Waals surface area contributed by atoms with Crippen molar-refractivity contribution in [3.63, 3.8) is 0 Å². The van der Waals surface area contributed by atoms with Gasteiger partial charge in [-0.2, -0.15) is 0 Å². The molecule has 0 aromatic heterocycles. The molecule has 0 heterocycles. The number of carbonyl (C=O) groups is 1. The van der Waals surface area contributed by atoms with Crippen LogP contribution in [-0.2, 0) is 11.2 Å². The van der Waals surface area contributed by atoms with Gasteiger partial charge in [-0.1, -0.05) is 26.0 Å². The van der Waals surface area contributed by atoms with Crippen LogP contribution in [0.25, 0.3) is 0 Å². The van der Waals surface area contributed by atoms with E-state index in [1.54, 1.807) is 0 Å². The van der Waals surface area contributed by atoms with Gasteiger partial charge in [-0.05, 0) is 37.0 Å². The maximum absolute atomic E-state index is 11.6. The number of aliphatic hydroxyl groups is 1. The largest absolute Gasteiger partial charge is 0.484 e. The zero-order valence-electron chi connectivity index (χ0n) is 11.7. The van der Waals surface area contributed by atoms with Gasteiger partial charge in [0.05, 0.1) is 0 Å². The highest BCUT2D eigenvalue weighted by molar-refractivity contribution is 5.77. The Bertz CT molecular complexity index is 371. The Morgan fingerprint density at radius 3 is 2.42 bits per heavy atom. The molecule has 0 spiro atoms. The normalized spacial score (nSPS) is 10.5. The molecule has 0 aliphatic rings. The van der Waals surface area contributed by atoms with Crippen LogP contribution in [0.2, 0.25) is 0 Å². The second-order valence-corrected chi connectivity index (χ2v) is 4.49. The fourth-order valence-electron chi connectivity index (χ4n) is 1.79. The topological polar surface area (TPSA) is 58.6 Å². The third-order valence-corrected chi connectivity index (χ3v) is 3.04. The average molecular weight is 265 g/mol. The van der Waals surface area contributed by atoms with Crippen LogP contribution in [0.3, 0.4) is 0 Å². The number of amides is 1.